The zero-order valence-electron chi connectivity index (χ0n) is 39.0. The van der Waals surface area contributed by atoms with Gasteiger partial charge >= 0.3 is 0 Å². The van der Waals surface area contributed by atoms with E-state index in [2.05, 4.69) is 68.4 Å². The van der Waals surface area contributed by atoms with Gasteiger partial charge < -0.3 is 59.2 Å². The number of ether oxygens (including phenoxy) is 1. The molecule has 2 aromatic rings. The fourth-order valence-corrected chi connectivity index (χ4v) is 6.39. The first kappa shape index (κ1) is 55.9. The Balaban J connectivity index is 2.14. The number of amides is 8. The van der Waals surface area contributed by atoms with Gasteiger partial charge in [0, 0.05) is 38.6 Å². The Morgan fingerprint density at radius 2 is 1.29 bits per heavy atom. The van der Waals surface area contributed by atoms with Crippen molar-refractivity contribution in [3.8, 4) is 11.1 Å². The third kappa shape index (κ3) is 19.9. The lowest BCUT2D eigenvalue weighted by Crippen LogP contribution is -2.63. The number of hydrogen-bond acceptors (Lipinski definition) is 12. The first-order valence-electron chi connectivity index (χ1n) is 22.4. The van der Waals surface area contributed by atoms with Crippen LogP contribution in [0.1, 0.15) is 102 Å². The summed E-state index contributed by atoms with van der Waals surface area (Å²) in [5, 5.41) is 17.1. The smallest absolute Gasteiger partial charge is 0.289 e. The van der Waals surface area contributed by atoms with Gasteiger partial charge in [-0.05, 0) is 93.7 Å². The molecule has 0 radical (unpaired) electrons. The highest BCUT2D eigenvalue weighted by Gasteiger charge is 2.34. The second kappa shape index (κ2) is 29.3. The zero-order valence-corrected chi connectivity index (χ0v) is 39.0. The largest absolute Gasteiger partial charge is 0.376 e. The van der Waals surface area contributed by atoms with Crippen LogP contribution in [0.4, 0.5) is 0 Å². The summed E-state index contributed by atoms with van der Waals surface area (Å²) in [5.41, 5.74) is 20.7. The molecule has 1 unspecified atom stereocenters. The summed E-state index contributed by atoms with van der Waals surface area (Å²) in [7, 11) is 1.23. The Kier molecular flexibility index (Phi) is 24.8. The lowest BCUT2D eigenvalue weighted by atomic mass is 10.0. The van der Waals surface area contributed by atoms with Gasteiger partial charge in [-0.2, -0.15) is 0 Å². The molecule has 0 aliphatic carbocycles. The molecule has 0 bridgehead atoms. The van der Waals surface area contributed by atoms with Crippen LogP contribution in [0.25, 0.3) is 11.1 Å². The first-order valence-corrected chi connectivity index (χ1v) is 22.4. The fraction of sp³-hybridized carbons (Fsp3) is 0.543. The van der Waals surface area contributed by atoms with Crippen LogP contribution in [-0.4, -0.2) is 116 Å². The predicted molar refractivity (Wildman–Crippen MR) is 248 cm³/mol. The number of benzene rings is 2. The third-order valence-corrected chi connectivity index (χ3v) is 10.3. The molecular formula is C46H70N10O10. The van der Waals surface area contributed by atoms with Gasteiger partial charge in [0.25, 0.3) is 17.7 Å². The van der Waals surface area contributed by atoms with Crippen LogP contribution < -0.4 is 54.4 Å². The van der Waals surface area contributed by atoms with Crippen LogP contribution in [0.2, 0.25) is 0 Å². The van der Waals surface area contributed by atoms with E-state index >= 15 is 0 Å². The maximum Gasteiger partial charge on any atom is 0.289 e. The monoisotopic (exact) mass is 923 g/mol. The lowest BCUT2D eigenvalue weighted by Gasteiger charge is -2.29. The summed E-state index contributed by atoms with van der Waals surface area (Å²) in [6, 6.07) is 10.1. The topological polar surface area (TPSA) is 325 Å². The Morgan fingerprint density at radius 1 is 0.682 bits per heavy atom. The Hall–Kier alpha value is -6.25. The Morgan fingerprint density at radius 3 is 1.86 bits per heavy atom. The summed E-state index contributed by atoms with van der Waals surface area (Å²) in [6.45, 7) is 9.14. The second-order valence-electron chi connectivity index (χ2n) is 16.4. The number of likely N-dealkylation sites (N-methyl/N-ethyl adjacent to an activating group) is 1. The molecule has 13 N–H and O–H groups in total. The van der Waals surface area contributed by atoms with Crippen molar-refractivity contribution in [2.24, 2.45) is 23.1 Å². The Labute approximate surface area is 386 Å². The van der Waals surface area contributed by atoms with E-state index in [0.717, 1.165) is 30.4 Å². The molecule has 0 aliphatic rings. The van der Waals surface area contributed by atoms with Gasteiger partial charge in [-0.3, -0.25) is 43.2 Å². The molecule has 66 heavy (non-hydrogen) atoms. The quantitative estimate of drug-likeness (QED) is 0.0280. The van der Waals surface area contributed by atoms with E-state index in [1.165, 1.54) is 26.5 Å². The number of ketones is 1. The van der Waals surface area contributed by atoms with Gasteiger partial charge in [0.1, 0.15) is 18.1 Å². The van der Waals surface area contributed by atoms with Crippen molar-refractivity contribution in [3.05, 3.63) is 59.7 Å². The fourth-order valence-electron chi connectivity index (χ4n) is 6.39. The van der Waals surface area contributed by atoms with Crippen molar-refractivity contribution in [2.45, 2.75) is 129 Å². The van der Waals surface area contributed by atoms with Crippen molar-refractivity contribution in [3.63, 3.8) is 0 Å². The molecule has 6 atom stereocenters. The predicted octanol–water partition coefficient (Wildman–Crippen LogP) is -0.0531. The summed E-state index contributed by atoms with van der Waals surface area (Å²) >= 11 is 0. The average molecular weight is 923 g/mol. The molecular weight excluding hydrogens is 853 g/mol. The summed E-state index contributed by atoms with van der Waals surface area (Å²) in [6.07, 6.45) is 0.736. The van der Waals surface area contributed by atoms with Crippen LogP contribution >= 0.6 is 0 Å². The maximum atomic E-state index is 13.8. The van der Waals surface area contributed by atoms with Crippen LogP contribution in [0, 0.1) is 5.92 Å². The van der Waals surface area contributed by atoms with E-state index < -0.39 is 83.6 Å². The molecule has 364 valence electrons. The molecule has 20 heteroatoms. The van der Waals surface area contributed by atoms with Gasteiger partial charge in [0.05, 0.1) is 12.1 Å². The molecule has 20 nitrogen and oxygen atoms in total. The minimum absolute atomic E-state index is 0.0268. The number of hydrogen-bond donors (Lipinski definition) is 10. The number of rotatable bonds is 30. The minimum atomic E-state index is -1.82. The molecule has 8 amide bonds. The van der Waals surface area contributed by atoms with Crippen molar-refractivity contribution in [2.75, 3.05) is 26.7 Å². The van der Waals surface area contributed by atoms with Crippen molar-refractivity contribution < 1.29 is 47.9 Å². The lowest BCUT2D eigenvalue weighted by molar-refractivity contribution is -0.140. The first-order chi connectivity index (χ1) is 31.3. The van der Waals surface area contributed by atoms with E-state index in [1.807, 2.05) is 26.0 Å². The molecule has 0 heterocycles. The summed E-state index contributed by atoms with van der Waals surface area (Å²) < 4.78 is 5.86. The minimum Gasteiger partial charge on any atom is -0.376 e. The number of nitrogens with one attached hydrogen (secondary N) is 7. The van der Waals surface area contributed by atoms with Crippen LogP contribution in [0.15, 0.2) is 48.5 Å². The van der Waals surface area contributed by atoms with E-state index in [9.17, 15) is 43.2 Å². The standard InChI is InChI=1S/C46H70N10O10/c1-7-8-11-30-13-15-31(16-14-30)32-17-19-33(20-18-32)41(60)51-25-23-37(58)53-34(12-9-10-24-47)43(62)55-38(29(5)66-26-27(2)3)44(63)56-40(49)46(65)54-35(21-22-36(48)57)42(61)52-28(4)39(59)45(64)50-6/h13-20,27-29,34-35,38,40H,7-12,21-26,47,49H2,1-6H3,(H2,48,57)(H,50,64)(H,51,60)(H,52,61)(H,53,58)(H,54,65)(H,55,62)(H,56,63)/t28?,29-,34+,35+,38+,40-/m1/s1. The Bertz CT molecular complexity index is 1940. The summed E-state index contributed by atoms with van der Waals surface area (Å²) in [5.74, 6) is -7.38. The number of unbranched alkanes of at least 4 members (excludes halogenated alkanes) is 2. The molecule has 0 aliphatic heterocycles. The molecule has 2 rings (SSSR count). The second-order valence-corrected chi connectivity index (χ2v) is 16.4. The number of aryl methyl sites for hydroxylation is 1. The highest BCUT2D eigenvalue weighted by molar-refractivity contribution is 6.38. The highest BCUT2D eigenvalue weighted by Crippen LogP contribution is 2.21. The molecule has 0 saturated heterocycles. The highest BCUT2D eigenvalue weighted by atomic mass is 16.5. The third-order valence-electron chi connectivity index (χ3n) is 10.3. The van der Waals surface area contributed by atoms with Crippen molar-refractivity contribution in [1.82, 2.24) is 37.2 Å². The van der Waals surface area contributed by atoms with Gasteiger partial charge in [0.15, 0.2) is 6.17 Å². The average Bonchev–Trinajstić information content (AvgIpc) is 3.29. The number of carbonyl (C=O) groups excluding carboxylic acids is 9. The molecule has 0 aromatic heterocycles. The molecule has 0 fully saturated rings. The van der Waals surface area contributed by atoms with Crippen molar-refractivity contribution in [1.29, 1.82) is 0 Å². The number of carbonyl (C=O) groups is 9. The number of Topliss-reactive ketones (excluding diaryl/α,β-unsaturated/α-hetero) is 1. The molecule has 0 saturated carbocycles. The van der Waals surface area contributed by atoms with Crippen LogP contribution in [-0.2, 0) is 49.5 Å². The molecule has 2 aromatic carbocycles. The number of primary amides is 1. The normalized spacial score (nSPS) is 13.7. The summed E-state index contributed by atoms with van der Waals surface area (Å²) in [4.78, 5) is 116. The molecule has 0 spiro atoms. The van der Waals surface area contributed by atoms with Crippen LogP contribution in [0.5, 0.6) is 0 Å². The van der Waals surface area contributed by atoms with E-state index in [1.54, 1.807) is 12.1 Å². The van der Waals surface area contributed by atoms with E-state index in [0.29, 0.717) is 24.9 Å². The van der Waals surface area contributed by atoms with Crippen LogP contribution in [0.3, 0.4) is 0 Å². The van der Waals surface area contributed by atoms with Crippen molar-refractivity contribution >= 4 is 53.0 Å². The van der Waals surface area contributed by atoms with Gasteiger partial charge in [0.2, 0.25) is 35.3 Å². The maximum absolute atomic E-state index is 13.8. The van der Waals surface area contributed by atoms with Gasteiger partial charge in [-0.1, -0.05) is 63.6 Å². The zero-order chi connectivity index (χ0) is 49.3. The van der Waals surface area contributed by atoms with Gasteiger partial charge in [-0.15, -0.1) is 0 Å². The SMILES string of the molecule is CCCCc1ccc(-c2ccc(C(=O)NCCC(=O)N[C@@H](CCCCN)C(=O)N[C@H](C(=O)N[C@@H](N)C(=O)N[C@@H](CCC(N)=O)C(=O)NC(C)C(=O)C(=O)NC)[C@@H](C)OCC(C)C)cc2)cc1. The number of nitrogens with two attached hydrogens (primary N) is 3. The van der Waals surface area contributed by atoms with Gasteiger partial charge in [-0.25, -0.2) is 0 Å². The van der Waals surface area contributed by atoms with E-state index in [4.69, 9.17) is 21.9 Å². The van der Waals surface area contributed by atoms with E-state index in [-0.39, 0.29) is 50.7 Å².